The molecule has 3 aromatic rings. The number of hydrogen-bond acceptors (Lipinski definition) is 5. The van der Waals surface area contributed by atoms with E-state index in [1.165, 1.54) is 11.0 Å². The van der Waals surface area contributed by atoms with Gasteiger partial charge in [-0.3, -0.25) is 9.59 Å². The Kier molecular flexibility index (Phi) is 4.79. The third-order valence-corrected chi connectivity index (χ3v) is 3.70. The number of tetrazole rings is 1. The van der Waals surface area contributed by atoms with Gasteiger partial charge in [-0.15, -0.1) is 5.10 Å². The number of rotatable bonds is 6. The molecule has 126 valence electrons. The molecule has 2 amide bonds. The van der Waals surface area contributed by atoms with Crippen molar-refractivity contribution in [3.05, 3.63) is 72.1 Å². The largest absolute Gasteiger partial charge is 0.366 e. The van der Waals surface area contributed by atoms with Crippen molar-refractivity contribution < 1.29 is 9.59 Å². The first-order chi connectivity index (χ1) is 12.1. The molecular weight excluding hydrogens is 320 g/mol. The third kappa shape index (κ3) is 4.05. The Balaban J connectivity index is 1.78. The number of benzene rings is 2. The van der Waals surface area contributed by atoms with E-state index in [0.717, 1.165) is 5.56 Å². The van der Waals surface area contributed by atoms with Crippen LogP contribution in [0.25, 0.3) is 0 Å². The van der Waals surface area contributed by atoms with Gasteiger partial charge in [-0.1, -0.05) is 30.3 Å². The zero-order chi connectivity index (χ0) is 17.6. The summed E-state index contributed by atoms with van der Waals surface area (Å²) in [5.74, 6) is -0.781. The quantitative estimate of drug-likeness (QED) is 0.701. The summed E-state index contributed by atoms with van der Waals surface area (Å²) < 4.78 is 1.42. The second kappa shape index (κ2) is 7.35. The molecule has 0 saturated heterocycles. The van der Waals surface area contributed by atoms with Crippen LogP contribution < -0.4 is 11.1 Å². The van der Waals surface area contributed by atoms with Crippen LogP contribution in [0.1, 0.15) is 22.0 Å². The normalized spacial score (nSPS) is 11.7. The zero-order valence-electron chi connectivity index (χ0n) is 13.2. The second-order valence-electron chi connectivity index (χ2n) is 5.43. The predicted molar refractivity (Wildman–Crippen MR) is 90.6 cm³/mol. The standard InChI is InChI=1S/C17H16N6O2/c18-16(24)13-6-8-14(9-7-13)20-17(25)15(23-11-19-21-22-23)10-12-4-2-1-3-5-12/h1-9,11,15H,10H2,(H2,18,24)(H,20,25)/t15-/m0/s1. The number of anilines is 1. The molecule has 1 heterocycles. The Labute approximate surface area is 143 Å². The van der Waals surface area contributed by atoms with E-state index in [1.54, 1.807) is 24.3 Å². The maximum atomic E-state index is 12.7. The molecule has 25 heavy (non-hydrogen) atoms. The Hall–Kier alpha value is -3.55. The average Bonchev–Trinajstić information content (AvgIpc) is 3.15. The van der Waals surface area contributed by atoms with Crippen molar-refractivity contribution in [2.45, 2.75) is 12.5 Å². The summed E-state index contributed by atoms with van der Waals surface area (Å²) in [4.78, 5) is 23.8. The molecule has 0 aliphatic heterocycles. The van der Waals surface area contributed by atoms with E-state index in [1.807, 2.05) is 30.3 Å². The smallest absolute Gasteiger partial charge is 0.249 e. The Morgan fingerprint density at radius 3 is 2.40 bits per heavy atom. The highest BCUT2D eigenvalue weighted by molar-refractivity contribution is 5.96. The molecule has 0 fully saturated rings. The first-order valence-corrected chi connectivity index (χ1v) is 7.60. The first kappa shape index (κ1) is 16.3. The number of nitrogens with two attached hydrogens (primary N) is 1. The van der Waals surface area contributed by atoms with Gasteiger partial charge >= 0.3 is 0 Å². The van der Waals surface area contributed by atoms with Crippen molar-refractivity contribution in [3.63, 3.8) is 0 Å². The van der Waals surface area contributed by atoms with Crippen LogP contribution in [0.5, 0.6) is 0 Å². The highest BCUT2D eigenvalue weighted by atomic mass is 16.2. The summed E-state index contributed by atoms with van der Waals surface area (Å²) in [7, 11) is 0. The number of carbonyl (C=O) groups is 2. The molecule has 3 N–H and O–H groups in total. The Morgan fingerprint density at radius 1 is 1.08 bits per heavy atom. The number of amides is 2. The number of primary amides is 1. The third-order valence-electron chi connectivity index (χ3n) is 3.70. The molecule has 0 spiro atoms. The van der Waals surface area contributed by atoms with Crippen molar-refractivity contribution >= 4 is 17.5 Å². The summed E-state index contributed by atoms with van der Waals surface area (Å²) >= 11 is 0. The van der Waals surface area contributed by atoms with Gasteiger partial charge in [0, 0.05) is 17.7 Å². The second-order valence-corrected chi connectivity index (χ2v) is 5.43. The van der Waals surface area contributed by atoms with Gasteiger partial charge in [0.25, 0.3) is 0 Å². The van der Waals surface area contributed by atoms with Crippen molar-refractivity contribution in [1.82, 2.24) is 20.2 Å². The van der Waals surface area contributed by atoms with Gasteiger partial charge in [0.1, 0.15) is 12.4 Å². The topological polar surface area (TPSA) is 116 Å². The van der Waals surface area contributed by atoms with Crippen molar-refractivity contribution in [2.75, 3.05) is 5.32 Å². The number of nitrogens with zero attached hydrogens (tertiary/aromatic N) is 4. The van der Waals surface area contributed by atoms with E-state index in [-0.39, 0.29) is 5.91 Å². The highest BCUT2D eigenvalue weighted by Gasteiger charge is 2.22. The van der Waals surface area contributed by atoms with Gasteiger partial charge < -0.3 is 11.1 Å². The number of carbonyl (C=O) groups excluding carboxylic acids is 2. The number of aromatic nitrogens is 4. The van der Waals surface area contributed by atoms with Gasteiger partial charge in [0.15, 0.2) is 0 Å². The Morgan fingerprint density at radius 2 is 1.80 bits per heavy atom. The van der Waals surface area contributed by atoms with Crippen molar-refractivity contribution in [2.24, 2.45) is 5.73 Å². The molecular formula is C17H16N6O2. The van der Waals surface area contributed by atoms with Gasteiger partial charge in [-0.2, -0.15) is 0 Å². The average molecular weight is 336 g/mol. The van der Waals surface area contributed by atoms with Crippen molar-refractivity contribution in [1.29, 1.82) is 0 Å². The summed E-state index contributed by atoms with van der Waals surface area (Å²) in [6.45, 7) is 0. The van der Waals surface area contributed by atoms with E-state index >= 15 is 0 Å². The van der Waals surface area contributed by atoms with Gasteiger partial charge in [0.05, 0.1) is 0 Å². The molecule has 0 unspecified atom stereocenters. The lowest BCUT2D eigenvalue weighted by Crippen LogP contribution is -2.28. The lowest BCUT2D eigenvalue weighted by Gasteiger charge is -2.16. The van der Waals surface area contributed by atoms with Crippen LogP contribution in [0.3, 0.4) is 0 Å². The van der Waals surface area contributed by atoms with Crippen LogP contribution in [-0.4, -0.2) is 32.0 Å². The minimum atomic E-state index is -0.604. The molecule has 0 aliphatic carbocycles. The highest BCUT2D eigenvalue weighted by Crippen LogP contribution is 2.17. The lowest BCUT2D eigenvalue weighted by molar-refractivity contribution is -0.119. The van der Waals surface area contributed by atoms with Gasteiger partial charge in [-0.05, 0) is 40.3 Å². The van der Waals surface area contributed by atoms with Crippen molar-refractivity contribution in [3.8, 4) is 0 Å². The molecule has 8 heteroatoms. The Bertz CT molecular complexity index is 847. The van der Waals surface area contributed by atoms with E-state index in [2.05, 4.69) is 20.8 Å². The fourth-order valence-electron chi connectivity index (χ4n) is 2.40. The maximum Gasteiger partial charge on any atom is 0.249 e. The minimum absolute atomic E-state index is 0.261. The molecule has 2 aromatic carbocycles. The zero-order valence-corrected chi connectivity index (χ0v) is 13.2. The number of hydrogen-bond donors (Lipinski definition) is 2. The van der Waals surface area contributed by atoms with E-state index < -0.39 is 11.9 Å². The summed E-state index contributed by atoms with van der Waals surface area (Å²) in [6, 6.07) is 15.4. The van der Waals surface area contributed by atoms with Crippen LogP contribution in [0.15, 0.2) is 60.9 Å². The molecule has 1 aromatic heterocycles. The molecule has 0 aliphatic rings. The first-order valence-electron chi connectivity index (χ1n) is 7.60. The molecule has 1 atom stereocenters. The molecule has 8 nitrogen and oxygen atoms in total. The van der Waals surface area contributed by atoms with Gasteiger partial charge in [-0.25, -0.2) is 4.68 Å². The predicted octanol–water partition coefficient (Wildman–Crippen LogP) is 1.19. The van der Waals surface area contributed by atoms with E-state index in [0.29, 0.717) is 17.7 Å². The minimum Gasteiger partial charge on any atom is -0.366 e. The van der Waals surface area contributed by atoms with E-state index in [9.17, 15) is 9.59 Å². The lowest BCUT2D eigenvalue weighted by atomic mass is 10.1. The molecule has 0 radical (unpaired) electrons. The fraction of sp³-hybridized carbons (Fsp3) is 0.118. The SMILES string of the molecule is NC(=O)c1ccc(NC(=O)[C@H](Cc2ccccc2)n2cnnn2)cc1. The van der Waals surface area contributed by atoms with Crippen LogP contribution in [0.4, 0.5) is 5.69 Å². The van der Waals surface area contributed by atoms with Crippen LogP contribution in [0.2, 0.25) is 0 Å². The molecule has 0 bridgehead atoms. The summed E-state index contributed by atoms with van der Waals surface area (Å²) in [6.07, 6.45) is 1.85. The molecule has 3 rings (SSSR count). The van der Waals surface area contributed by atoms with Crippen LogP contribution in [0, 0.1) is 0 Å². The molecule has 0 saturated carbocycles. The number of nitrogens with one attached hydrogen (secondary N) is 1. The maximum absolute atomic E-state index is 12.7. The van der Waals surface area contributed by atoms with E-state index in [4.69, 9.17) is 5.73 Å². The van der Waals surface area contributed by atoms with Crippen LogP contribution >= 0.6 is 0 Å². The monoisotopic (exact) mass is 336 g/mol. The van der Waals surface area contributed by atoms with Gasteiger partial charge in [0.2, 0.25) is 11.8 Å². The fourth-order valence-corrected chi connectivity index (χ4v) is 2.40. The summed E-state index contributed by atoms with van der Waals surface area (Å²) in [5, 5.41) is 13.9. The summed E-state index contributed by atoms with van der Waals surface area (Å²) in [5.41, 5.74) is 7.13. The van der Waals surface area contributed by atoms with Crippen LogP contribution in [-0.2, 0) is 11.2 Å².